The molecule has 0 atom stereocenters. The Kier molecular flexibility index (Phi) is 4.90. The molecule has 96 valence electrons. The second kappa shape index (κ2) is 6.66. The van der Waals surface area contributed by atoms with Crippen LogP contribution in [0.4, 0.5) is 0 Å². The first-order valence-electron chi connectivity index (χ1n) is 6.19. The Balaban J connectivity index is 2.22. The average molecular weight is 261 g/mol. The Morgan fingerprint density at radius 1 is 1.17 bits per heavy atom. The molecule has 0 saturated carbocycles. The summed E-state index contributed by atoms with van der Waals surface area (Å²) >= 11 is 1.84. The van der Waals surface area contributed by atoms with Gasteiger partial charge in [-0.1, -0.05) is 30.3 Å². The van der Waals surface area contributed by atoms with E-state index < -0.39 is 0 Å². The van der Waals surface area contributed by atoms with E-state index in [1.54, 1.807) is 0 Å². The minimum absolute atomic E-state index is 0.513. The largest absolute Gasteiger partial charge is 0.493 e. The van der Waals surface area contributed by atoms with Crippen LogP contribution in [-0.4, -0.2) is 18.6 Å². The van der Waals surface area contributed by atoms with Crippen LogP contribution < -0.4 is 10.5 Å². The van der Waals surface area contributed by atoms with Crippen molar-refractivity contribution in [3.63, 3.8) is 0 Å². The third kappa shape index (κ3) is 2.98. The van der Waals surface area contributed by atoms with Gasteiger partial charge < -0.3 is 10.5 Å². The third-order valence-electron chi connectivity index (χ3n) is 2.95. The summed E-state index contributed by atoms with van der Waals surface area (Å²) in [6, 6.07) is 12.4. The number of nitrogens with two attached hydrogens (primary N) is 1. The molecule has 0 saturated heterocycles. The molecular formula is C15H19NOS. The molecule has 2 nitrogen and oxygen atoms in total. The van der Waals surface area contributed by atoms with E-state index in [0.29, 0.717) is 6.54 Å². The van der Waals surface area contributed by atoms with E-state index >= 15 is 0 Å². The monoisotopic (exact) mass is 261 g/mol. The van der Waals surface area contributed by atoms with Crippen molar-refractivity contribution in [2.75, 3.05) is 18.6 Å². The van der Waals surface area contributed by atoms with Crippen LogP contribution in [0, 0.1) is 0 Å². The van der Waals surface area contributed by atoms with E-state index in [9.17, 15) is 0 Å². The van der Waals surface area contributed by atoms with Gasteiger partial charge in [0, 0.05) is 12.1 Å². The molecule has 2 aromatic carbocycles. The van der Waals surface area contributed by atoms with Gasteiger partial charge in [0.15, 0.2) is 0 Å². The molecular weight excluding hydrogens is 242 g/mol. The predicted octanol–water partition coefficient (Wildman–Crippen LogP) is 3.43. The number of thioether (sulfide) groups is 1. The molecule has 0 fully saturated rings. The van der Waals surface area contributed by atoms with Crippen LogP contribution in [-0.2, 0) is 6.54 Å². The van der Waals surface area contributed by atoms with Crippen molar-refractivity contribution in [2.24, 2.45) is 5.73 Å². The van der Waals surface area contributed by atoms with Gasteiger partial charge in [-0.25, -0.2) is 0 Å². The minimum Gasteiger partial charge on any atom is -0.493 e. The van der Waals surface area contributed by atoms with Crippen molar-refractivity contribution in [3.8, 4) is 5.75 Å². The Bertz CT molecular complexity index is 513. The number of hydrogen-bond donors (Lipinski definition) is 1. The van der Waals surface area contributed by atoms with Crippen molar-refractivity contribution >= 4 is 22.5 Å². The second-order valence-electron chi connectivity index (χ2n) is 4.16. The molecule has 0 radical (unpaired) electrons. The topological polar surface area (TPSA) is 35.2 Å². The summed E-state index contributed by atoms with van der Waals surface area (Å²) in [5.41, 5.74) is 6.97. The fourth-order valence-corrected chi connectivity index (χ4v) is 2.45. The lowest BCUT2D eigenvalue weighted by atomic mass is 10.0. The normalized spacial score (nSPS) is 10.8. The van der Waals surface area contributed by atoms with E-state index in [1.807, 2.05) is 30.0 Å². The lowest BCUT2D eigenvalue weighted by molar-refractivity contribution is 0.316. The molecule has 2 rings (SSSR count). The Morgan fingerprint density at radius 3 is 2.78 bits per heavy atom. The minimum atomic E-state index is 0.513. The van der Waals surface area contributed by atoms with Crippen molar-refractivity contribution < 1.29 is 4.74 Å². The van der Waals surface area contributed by atoms with E-state index in [0.717, 1.165) is 30.1 Å². The lowest BCUT2D eigenvalue weighted by Gasteiger charge is -2.12. The summed E-state index contributed by atoms with van der Waals surface area (Å²) in [5.74, 6) is 2.06. The Labute approximate surface area is 113 Å². The fraction of sp³-hybridized carbons (Fsp3) is 0.333. The lowest BCUT2D eigenvalue weighted by Crippen LogP contribution is -2.05. The van der Waals surface area contributed by atoms with Crippen LogP contribution in [0.25, 0.3) is 10.8 Å². The van der Waals surface area contributed by atoms with Gasteiger partial charge in [0.25, 0.3) is 0 Å². The van der Waals surface area contributed by atoms with Crippen LogP contribution in [0.5, 0.6) is 5.75 Å². The number of benzene rings is 2. The van der Waals surface area contributed by atoms with Gasteiger partial charge in [0.2, 0.25) is 0 Å². The van der Waals surface area contributed by atoms with Crippen LogP contribution in [0.3, 0.4) is 0 Å². The summed E-state index contributed by atoms with van der Waals surface area (Å²) in [5, 5.41) is 2.41. The maximum absolute atomic E-state index is 5.86. The first kappa shape index (κ1) is 13.2. The first-order valence-corrected chi connectivity index (χ1v) is 7.58. The quantitative estimate of drug-likeness (QED) is 0.809. The van der Waals surface area contributed by atoms with Crippen molar-refractivity contribution in [1.29, 1.82) is 0 Å². The van der Waals surface area contributed by atoms with Gasteiger partial charge in [-0.05, 0) is 35.3 Å². The molecule has 0 heterocycles. The standard InChI is InChI=1S/C15H19NOS/c1-18-10-4-9-17-15-8-7-12-5-2-3-6-13(12)14(15)11-16/h2-3,5-8H,4,9-11,16H2,1H3. The van der Waals surface area contributed by atoms with Gasteiger partial charge in [0.1, 0.15) is 5.75 Å². The highest BCUT2D eigenvalue weighted by atomic mass is 32.2. The fourth-order valence-electron chi connectivity index (χ4n) is 2.05. The Hall–Kier alpha value is -1.19. The summed E-state index contributed by atoms with van der Waals surface area (Å²) in [7, 11) is 0. The molecule has 0 unspecified atom stereocenters. The van der Waals surface area contributed by atoms with E-state index in [-0.39, 0.29) is 0 Å². The molecule has 2 aromatic rings. The highest BCUT2D eigenvalue weighted by Crippen LogP contribution is 2.27. The Morgan fingerprint density at radius 2 is 2.00 bits per heavy atom. The number of rotatable bonds is 6. The van der Waals surface area contributed by atoms with Gasteiger partial charge in [-0.3, -0.25) is 0 Å². The zero-order valence-corrected chi connectivity index (χ0v) is 11.5. The van der Waals surface area contributed by atoms with Gasteiger partial charge >= 0.3 is 0 Å². The van der Waals surface area contributed by atoms with Crippen molar-refractivity contribution in [3.05, 3.63) is 42.0 Å². The summed E-state index contributed by atoms with van der Waals surface area (Å²) < 4.78 is 5.84. The first-order chi connectivity index (χ1) is 8.86. The van der Waals surface area contributed by atoms with Crippen molar-refractivity contribution in [2.45, 2.75) is 13.0 Å². The van der Waals surface area contributed by atoms with Crippen LogP contribution in [0.1, 0.15) is 12.0 Å². The van der Waals surface area contributed by atoms with Gasteiger partial charge in [-0.15, -0.1) is 0 Å². The molecule has 0 spiro atoms. The van der Waals surface area contributed by atoms with Gasteiger partial charge in [0.05, 0.1) is 6.61 Å². The molecule has 18 heavy (non-hydrogen) atoms. The maximum atomic E-state index is 5.86. The van der Waals surface area contributed by atoms with Crippen LogP contribution >= 0.6 is 11.8 Å². The van der Waals surface area contributed by atoms with Crippen LogP contribution in [0.15, 0.2) is 36.4 Å². The van der Waals surface area contributed by atoms with Crippen molar-refractivity contribution in [1.82, 2.24) is 0 Å². The second-order valence-corrected chi connectivity index (χ2v) is 5.15. The molecule has 0 aliphatic rings. The number of ether oxygens (including phenoxy) is 1. The maximum Gasteiger partial charge on any atom is 0.124 e. The molecule has 2 N–H and O–H groups in total. The zero-order valence-electron chi connectivity index (χ0n) is 10.7. The molecule has 0 aliphatic carbocycles. The summed E-state index contributed by atoms with van der Waals surface area (Å²) in [6.07, 6.45) is 3.18. The third-order valence-corrected chi connectivity index (χ3v) is 3.65. The van der Waals surface area contributed by atoms with E-state index in [1.165, 1.54) is 10.8 Å². The molecule has 0 aromatic heterocycles. The van der Waals surface area contributed by atoms with Crippen LogP contribution in [0.2, 0.25) is 0 Å². The SMILES string of the molecule is CSCCCOc1ccc2ccccc2c1CN. The van der Waals surface area contributed by atoms with E-state index in [4.69, 9.17) is 10.5 Å². The highest BCUT2D eigenvalue weighted by molar-refractivity contribution is 7.98. The molecule has 0 bridgehead atoms. The highest BCUT2D eigenvalue weighted by Gasteiger charge is 2.06. The molecule has 0 amide bonds. The number of hydrogen-bond acceptors (Lipinski definition) is 3. The van der Waals surface area contributed by atoms with E-state index in [2.05, 4.69) is 24.5 Å². The smallest absolute Gasteiger partial charge is 0.124 e. The summed E-state index contributed by atoms with van der Waals surface area (Å²) in [4.78, 5) is 0. The summed E-state index contributed by atoms with van der Waals surface area (Å²) in [6.45, 7) is 1.27. The number of fused-ring (bicyclic) bond motifs is 1. The van der Waals surface area contributed by atoms with Gasteiger partial charge in [-0.2, -0.15) is 11.8 Å². The predicted molar refractivity (Wildman–Crippen MR) is 80.3 cm³/mol. The average Bonchev–Trinajstić information content (AvgIpc) is 2.43. The molecule has 3 heteroatoms. The zero-order chi connectivity index (χ0) is 12.8. The molecule has 0 aliphatic heterocycles.